The van der Waals surface area contributed by atoms with E-state index in [-0.39, 0.29) is 24.4 Å². The minimum atomic E-state index is -1.82. The van der Waals surface area contributed by atoms with E-state index >= 15 is 0 Å². The van der Waals surface area contributed by atoms with Gasteiger partial charge in [-0.25, -0.2) is 9.59 Å². The second-order valence-electron chi connectivity index (χ2n) is 17.0. The summed E-state index contributed by atoms with van der Waals surface area (Å²) in [4.78, 5) is 120. The Bertz CT molecular complexity index is 1970. The summed E-state index contributed by atoms with van der Waals surface area (Å²) in [6.45, 7) is 16.2. The van der Waals surface area contributed by atoms with Gasteiger partial charge in [0.25, 0.3) is 5.91 Å². The van der Waals surface area contributed by atoms with Crippen LogP contribution in [0.5, 0.6) is 0 Å². The molecule has 19 heteroatoms. The first kappa shape index (κ1) is 54.8. The molecule has 2 rings (SSSR count). The summed E-state index contributed by atoms with van der Waals surface area (Å²) in [5, 5.41) is 35.0. The summed E-state index contributed by atoms with van der Waals surface area (Å²) >= 11 is 0. The van der Waals surface area contributed by atoms with Gasteiger partial charge < -0.3 is 51.8 Å². The number of ether oxygens (including phenoxy) is 1. The molecule has 7 amide bonds. The summed E-state index contributed by atoms with van der Waals surface area (Å²) in [6, 6.07) is 1.35. The summed E-state index contributed by atoms with van der Waals surface area (Å²) in [7, 11) is 2.84. The van der Waals surface area contributed by atoms with E-state index in [1.807, 2.05) is 50.3 Å². The Morgan fingerprint density at radius 1 is 0.800 bits per heavy atom. The van der Waals surface area contributed by atoms with Gasteiger partial charge in [-0.1, -0.05) is 95.3 Å². The van der Waals surface area contributed by atoms with E-state index in [9.17, 15) is 53.4 Å². The summed E-state index contributed by atoms with van der Waals surface area (Å²) in [6.07, 6.45) is 4.78. The Labute approximate surface area is 380 Å². The monoisotopic (exact) mass is 909 g/mol. The number of carbonyl (C=O) groups excluding carboxylic acids is 7. The van der Waals surface area contributed by atoms with Gasteiger partial charge in [0, 0.05) is 26.5 Å². The number of methoxy groups -OCH3 is 1. The van der Waals surface area contributed by atoms with Gasteiger partial charge in [-0.2, -0.15) is 0 Å². The highest BCUT2D eigenvalue weighted by Crippen LogP contribution is 2.18. The molecule has 19 nitrogen and oxygen atoms in total. The lowest BCUT2D eigenvalue weighted by Gasteiger charge is -2.27. The minimum absolute atomic E-state index is 0.0331. The molecule has 0 aromatic heterocycles. The van der Waals surface area contributed by atoms with Crippen molar-refractivity contribution in [1.82, 2.24) is 36.8 Å². The molecule has 1 aliphatic rings. The van der Waals surface area contributed by atoms with Crippen LogP contribution in [0.3, 0.4) is 0 Å². The average molecular weight is 910 g/mol. The molecule has 1 saturated heterocycles. The summed E-state index contributed by atoms with van der Waals surface area (Å²) < 4.78 is 5.78. The zero-order valence-corrected chi connectivity index (χ0v) is 38.9. The number of carboxylic acids is 2. The van der Waals surface area contributed by atoms with Gasteiger partial charge in [0.15, 0.2) is 0 Å². The number of nitrogens with zero attached hydrogens (tertiary/aromatic N) is 1. The van der Waals surface area contributed by atoms with Crippen molar-refractivity contribution in [3.63, 3.8) is 0 Å². The number of hydrogen-bond acceptors (Lipinski definition) is 10. The highest BCUT2D eigenvalue weighted by Gasteiger charge is 2.37. The van der Waals surface area contributed by atoms with E-state index in [4.69, 9.17) is 4.74 Å². The first-order valence-electron chi connectivity index (χ1n) is 21.5. The van der Waals surface area contributed by atoms with Crippen LogP contribution in [-0.4, -0.2) is 125 Å². The largest absolute Gasteiger partial charge is 0.480 e. The van der Waals surface area contributed by atoms with Gasteiger partial charge >= 0.3 is 11.9 Å². The molecule has 10 atom stereocenters. The van der Waals surface area contributed by atoms with E-state index in [2.05, 4.69) is 38.5 Å². The Hall–Kier alpha value is -6.37. The highest BCUT2D eigenvalue weighted by atomic mass is 16.5. The molecule has 1 aromatic carbocycles. The number of carbonyl (C=O) groups is 9. The maximum atomic E-state index is 13.7. The molecule has 10 unspecified atom stereocenters. The van der Waals surface area contributed by atoms with Crippen LogP contribution in [0.2, 0.25) is 0 Å². The number of carboxylic acid groups (broad SMARTS) is 2. The van der Waals surface area contributed by atoms with Gasteiger partial charge in [0.05, 0.1) is 24.0 Å². The lowest BCUT2D eigenvalue weighted by atomic mass is 9.94. The first-order valence-corrected chi connectivity index (χ1v) is 21.5. The fourth-order valence-corrected chi connectivity index (χ4v) is 6.82. The predicted molar refractivity (Wildman–Crippen MR) is 240 cm³/mol. The number of amides is 7. The maximum Gasteiger partial charge on any atom is 0.327 e. The molecule has 1 heterocycles. The quantitative estimate of drug-likeness (QED) is 0.116. The molecule has 0 bridgehead atoms. The number of allylic oxidation sites excluding steroid dienone is 2. The van der Waals surface area contributed by atoms with Gasteiger partial charge in [0.2, 0.25) is 35.4 Å². The molecular formula is C46H67N7O12. The van der Waals surface area contributed by atoms with Crippen LogP contribution in [0.25, 0.3) is 0 Å². The van der Waals surface area contributed by atoms with E-state index < -0.39 is 120 Å². The molecule has 358 valence electrons. The van der Waals surface area contributed by atoms with Crippen molar-refractivity contribution in [3.05, 3.63) is 72.0 Å². The molecule has 1 aromatic rings. The van der Waals surface area contributed by atoms with Crippen LogP contribution in [0.1, 0.15) is 80.2 Å². The first-order chi connectivity index (χ1) is 30.4. The lowest BCUT2D eigenvalue weighted by molar-refractivity contribution is -0.146. The topological polar surface area (TPSA) is 279 Å². The predicted octanol–water partition coefficient (Wildman–Crippen LogP) is 1.58. The Kier molecular flexibility index (Phi) is 21.7. The third-order valence-electron chi connectivity index (χ3n) is 11.1. The maximum absolute atomic E-state index is 13.7. The third-order valence-corrected chi connectivity index (χ3v) is 11.1. The van der Waals surface area contributed by atoms with Crippen molar-refractivity contribution in [2.24, 2.45) is 23.7 Å². The average Bonchev–Trinajstić information content (AvgIpc) is 3.25. The second kappa shape index (κ2) is 25.8. The molecule has 0 spiro atoms. The zero-order valence-electron chi connectivity index (χ0n) is 38.9. The number of likely N-dealkylation sites (N-methyl/N-ethyl adjacent to an activating group) is 1. The van der Waals surface area contributed by atoms with Crippen molar-refractivity contribution < 1.29 is 58.1 Å². The minimum Gasteiger partial charge on any atom is -0.480 e. The third kappa shape index (κ3) is 17.3. The molecule has 1 fully saturated rings. The molecule has 0 saturated carbocycles. The fourth-order valence-electron chi connectivity index (χ4n) is 6.82. The normalized spacial score (nSPS) is 26.7. The number of nitrogens with one attached hydrogen (secondary N) is 6. The van der Waals surface area contributed by atoms with Crippen LogP contribution >= 0.6 is 0 Å². The highest BCUT2D eigenvalue weighted by molar-refractivity contribution is 6.00. The smallest absolute Gasteiger partial charge is 0.327 e. The zero-order chi connectivity index (χ0) is 49.3. The molecule has 65 heavy (non-hydrogen) atoms. The van der Waals surface area contributed by atoms with E-state index in [1.165, 1.54) is 40.8 Å². The van der Waals surface area contributed by atoms with E-state index in [1.54, 1.807) is 27.0 Å². The van der Waals surface area contributed by atoms with Crippen LogP contribution in [0, 0.1) is 23.7 Å². The van der Waals surface area contributed by atoms with Crippen LogP contribution in [0.4, 0.5) is 0 Å². The van der Waals surface area contributed by atoms with Gasteiger partial charge in [-0.05, 0) is 51.5 Å². The summed E-state index contributed by atoms with van der Waals surface area (Å²) in [5.74, 6) is -11.9. The van der Waals surface area contributed by atoms with Gasteiger partial charge in [-0.15, -0.1) is 0 Å². The second-order valence-corrected chi connectivity index (χ2v) is 17.0. The number of rotatable bonds is 11. The van der Waals surface area contributed by atoms with E-state index in [0.29, 0.717) is 6.42 Å². The van der Waals surface area contributed by atoms with Gasteiger partial charge in [0.1, 0.15) is 35.9 Å². The van der Waals surface area contributed by atoms with Gasteiger partial charge in [-0.3, -0.25) is 33.6 Å². The van der Waals surface area contributed by atoms with Crippen molar-refractivity contribution in [3.8, 4) is 0 Å². The van der Waals surface area contributed by atoms with Crippen LogP contribution in [0.15, 0.2) is 66.4 Å². The summed E-state index contributed by atoms with van der Waals surface area (Å²) in [5.41, 5.74) is 1.42. The SMILES string of the molecule is C=C1C(=O)NC(C)C(=O)NC(CC(C)C)C(=O)NC(C(=O)O)C(C)C(=O)NC(C)C(=O)NC(/C=C/C(C)=C/C(C)C(Cc2ccccc2)OC)C(C)C(=O)NC(C(=O)O)CCC(=O)N1C. The lowest BCUT2D eigenvalue weighted by Crippen LogP contribution is -2.58. The van der Waals surface area contributed by atoms with Crippen molar-refractivity contribution >= 4 is 53.3 Å². The number of hydrogen-bond donors (Lipinski definition) is 8. The Morgan fingerprint density at radius 2 is 1.38 bits per heavy atom. The van der Waals surface area contributed by atoms with Crippen LogP contribution in [-0.2, 0) is 54.3 Å². The molecule has 0 aliphatic carbocycles. The fraction of sp³-hybridized carbons (Fsp3) is 0.543. The standard InChI is InChI=1S/C46H67N7O12/c1-24(2)21-35-44(60)52-38(46(63)64)28(6)40(56)47-29(7)41(57)49-33(18-17-25(3)22-26(4)36(65-11)23-32-15-13-12-14-16-32)27(5)39(55)50-34(45(61)62)19-20-37(54)53(10)31(9)43(59)48-30(8)42(58)51-35/h12-18,22,24,26-30,33-36,38H,9,19-21,23H2,1-8,10-11H3,(H,47,56)(H,48,59)(H,49,57)(H,50,55)(H,51,58)(H,52,60)(H,61,62)(H,63,64)/b18-17+,25-22+. The van der Waals surface area contributed by atoms with Crippen molar-refractivity contribution in [2.75, 3.05) is 14.2 Å². The Balaban J connectivity index is 2.57. The number of aliphatic carboxylic acids is 2. The van der Waals surface area contributed by atoms with E-state index in [0.717, 1.165) is 16.0 Å². The number of benzene rings is 1. The van der Waals surface area contributed by atoms with Crippen molar-refractivity contribution in [1.29, 1.82) is 0 Å². The van der Waals surface area contributed by atoms with Crippen LogP contribution < -0.4 is 31.9 Å². The molecule has 1 aliphatic heterocycles. The van der Waals surface area contributed by atoms with Crippen molar-refractivity contribution in [2.45, 2.75) is 123 Å². The molecular weight excluding hydrogens is 843 g/mol. The Morgan fingerprint density at radius 3 is 1.95 bits per heavy atom. The molecule has 8 N–H and O–H groups in total. The molecule has 0 radical (unpaired) electrons.